The molecule has 116 valence electrons. The van der Waals surface area contributed by atoms with Crippen molar-refractivity contribution in [3.63, 3.8) is 0 Å². The lowest BCUT2D eigenvalue weighted by Crippen LogP contribution is -2.12. The first-order chi connectivity index (χ1) is 10.5. The van der Waals surface area contributed by atoms with E-state index in [0.29, 0.717) is 32.9 Å². The minimum atomic E-state index is -0.141. The van der Waals surface area contributed by atoms with E-state index in [0.717, 1.165) is 5.56 Å². The molecule has 1 N–H and O–H groups in total. The molecule has 2 rings (SSSR count). The van der Waals surface area contributed by atoms with Crippen LogP contribution in [0.5, 0.6) is 5.75 Å². The van der Waals surface area contributed by atoms with Gasteiger partial charge in [0.2, 0.25) is 5.91 Å². The first kappa shape index (κ1) is 16.9. The van der Waals surface area contributed by atoms with Crippen LogP contribution in [-0.2, 0) is 11.2 Å². The van der Waals surface area contributed by atoms with Crippen molar-refractivity contribution in [2.45, 2.75) is 12.8 Å². The number of rotatable bonds is 5. The van der Waals surface area contributed by atoms with Gasteiger partial charge in [0.25, 0.3) is 0 Å². The maximum Gasteiger partial charge on any atom is 0.224 e. The average molecular weight is 359 g/mol. The number of nitrogens with one attached hydrogen (secondary N) is 1. The second-order valence-corrected chi connectivity index (χ2v) is 5.82. The summed E-state index contributed by atoms with van der Waals surface area (Å²) >= 11 is 18.2. The lowest BCUT2D eigenvalue weighted by atomic mass is 10.1. The minimum Gasteiger partial charge on any atom is -0.495 e. The van der Waals surface area contributed by atoms with Crippen molar-refractivity contribution >= 4 is 46.4 Å². The number of methoxy groups -OCH3 is 1. The highest BCUT2D eigenvalue weighted by molar-refractivity contribution is 6.36. The van der Waals surface area contributed by atoms with E-state index in [1.807, 2.05) is 0 Å². The number of benzene rings is 2. The zero-order valence-corrected chi connectivity index (χ0v) is 14.1. The molecule has 22 heavy (non-hydrogen) atoms. The van der Waals surface area contributed by atoms with Gasteiger partial charge < -0.3 is 10.1 Å². The molecule has 0 aliphatic rings. The minimum absolute atomic E-state index is 0.141. The zero-order valence-electron chi connectivity index (χ0n) is 11.8. The Labute approximate surface area is 144 Å². The molecule has 0 aliphatic carbocycles. The van der Waals surface area contributed by atoms with Crippen LogP contribution in [0, 0.1) is 0 Å². The van der Waals surface area contributed by atoms with Gasteiger partial charge in [-0.25, -0.2) is 0 Å². The lowest BCUT2D eigenvalue weighted by molar-refractivity contribution is -0.116. The third-order valence-electron chi connectivity index (χ3n) is 3.10. The van der Waals surface area contributed by atoms with Gasteiger partial charge in [-0.1, -0.05) is 40.9 Å². The monoisotopic (exact) mass is 357 g/mol. The van der Waals surface area contributed by atoms with Crippen molar-refractivity contribution < 1.29 is 9.53 Å². The molecule has 0 radical (unpaired) electrons. The van der Waals surface area contributed by atoms with Crippen LogP contribution in [-0.4, -0.2) is 13.0 Å². The summed E-state index contributed by atoms with van der Waals surface area (Å²) in [5.74, 6) is 0.416. The molecule has 0 bridgehead atoms. The van der Waals surface area contributed by atoms with E-state index in [1.165, 1.54) is 7.11 Å². The number of carbonyl (C=O) groups is 1. The molecular formula is C16H14Cl3NO2. The normalized spacial score (nSPS) is 10.4. The van der Waals surface area contributed by atoms with Crippen molar-refractivity contribution in [2.24, 2.45) is 0 Å². The Morgan fingerprint density at radius 2 is 1.77 bits per heavy atom. The standard InChI is InChI=1S/C16H14Cl3NO2/c1-22-15-7-5-10(9-14(15)19)20-16(21)8-6-11-12(17)3-2-4-13(11)18/h2-5,7,9H,6,8H2,1H3,(H,20,21). The molecule has 0 heterocycles. The Hall–Kier alpha value is -1.42. The molecule has 1 amide bonds. The van der Waals surface area contributed by atoms with E-state index < -0.39 is 0 Å². The van der Waals surface area contributed by atoms with E-state index in [-0.39, 0.29) is 12.3 Å². The molecule has 0 aromatic heterocycles. The fourth-order valence-corrected chi connectivity index (χ4v) is 2.82. The summed E-state index contributed by atoms with van der Waals surface area (Å²) in [6, 6.07) is 10.3. The highest BCUT2D eigenvalue weighted by Crippen LogP contribution is 2.28. The zero-order chi connectivity index (χ0) is 16.1. The van der Waals surface area contributed by atoms with Gasteiger partial charge in [0.05, 0.1) is 12.1 Å². The molecule has 6 heteroatoms. The van der Waals surface area contributed by atoms with Gasteiger partial charge >= 0.3 is 0 Å². The maximum atomic E-state index is 12.0. The highest BCUT2D eigenvalue weighted by atomic mass is 35.5. The van der Waals surface area contributed by atoms with Crippen LogP contribution in [0.4, 0.5) is 5.69 Å². The summed E-state index contributed by atoms with van der Waals surface area (Å²) < 4.78 is 5.06. The van der Waals surface area contributed by atoms with Gasteiger partial charge in [-0.3, -0.25) is 4.79 Å². The summed E-state index contributed by atoms with van der Waals surface area (Å²) in [4.78, 5) is 12.0. The number of ether oxygens (including phenoxy) is 1. The van der Waals surface area contributed by atoms with Crippen molar-refractivity contribution in [3.8, 4) is 5.75 Å². The molecule has 2 aromatic rings. The Kier molecular flexibility index (Phi) is 5.95. The molecule has 0 saturated heterocycles. The van der Waals surface area contributed by atoms with Crippen LogP contribution in [0.15, 0.2) is 36.4 Å². The summed E-state index contributed by atoms with van der Waals surface area (Å²) in [7, 11) is 1.53. The van der Waals surface area contributed by atoms with Crippen LogP contribution < -0.4 is 10.1 Å². The van der Waals surface area contributed by atoms with E-state index >= 15 is 0 Å². The van der Waals surface area contributed by atoms with Gasteiger partial charge in [-0.2, -0.15) is 0 Å². The predicted molar refractivity (Wildman–Crippen MR) is 91.4 cm³/mol. The molecule has 0 fully saturated rings. The highest BCUT2D eigenvalue weighted by Gasteiger charge is 2.10. The van der Waals surface area contributed by atoms with Crippen molar-refractivity contribution in [2.75, 3.05) is 12.4 Å². The molecule has 0 aliphatic heterocycles. The fourth-order valence-electron chi connectivity index (χ4n) is 1.98. The van der Waals surface area contributed by atoms with Crippen molar-refractivity contribution in [3.05, 3.63) is 57.0 Å². The maximum absolute atomic E-state index is 12.0. The number of halogens is 3. The molecule has 0 unspecified atom stereocenters. The van der Waals surface area contributed by atoms with E-state index in [1.54, 1.807) is 36.4 Å². The molecule has 3 nitrogen and oxygen atoms in total. The van der Waals surface area contributed by atoms with Gasteiger partial charge in [-0.05, 0) is 42.3 Å². The van der Waals surface area contributed by atoms with Crippen molar-refractivity contribution in [1.82, 2.24) is 0 Å². The third kappa shape index (κ3) is 4.29. The number of carbonyl (C=O) groups excluding carboxylic acids is 1. The van der Waals surface area contributed by atoms with Gasteiger partial charge in [0.1, 0.15) is 5.75 Å². The summed E-state index contributed by atoms with van der Waals surface area (Å²) in [6.45, 7) is 0. The Balaban J connectivity index is 1.97. The van der Waals surface area contributed by atoms with E-state index in [4.69, 9.17) is 39.5 Å². The number of anilines is 1. The van der Waals surface area contributed by atoms with Crippen LogP contribution in [0.1, 0.15) is 12.0 Å². The second-order valence-electron chi connectivity index (χ2n) is 4.60. The summed E-state index contributed by atoms with van der Waals surface area (Å²) in [6.07, 6.45) is 0.737. The van der Waals surface area contributed by atoms with Crippen LogP contribution >= 0.6 is 34.8 Å². The topological polar surface area (TPSA) is 38.3 Å². The Morgan fingerprint density at radius 1 is 1.09 bits per heavy atom. The van der Waals surface area contributed by atoms with Crippen LogP contribution in [0.3, 0.4) is 0 Å². The smallest absolute Gasteiger partial charge is 0.224 e. The molecule has 2 aromatic carbocycles. The number of amides is 1. The first-order valence-corrected chi connectivity index (χ1v) is 7.71. The van der Waals surface area contributed by atoms with Crippen LogP contribution in [0.2, 0.25) is 15.1 Å². The van der Waals surface area contributed by atoms with E-state index in [9.17, 15) is 4.79 Å². The fraction of sp³-hybridized carbons (Fsp3) is 0.188. The number of hydrogen-bond acceptors (Lipinski definition) is 2. The van der Waals surface area contributed by atoms with Gasteiger partial charge in [0, 0.05) is 22.2 Å². The Bertz CT molecular complexity index is 669. The molecular weight excluding hydrogens is 345 g/mol. The Morgan fingerprint density at radius 3 is 2.36 bits per heavy atom. The van der Waals surface area contributed by atoms with Gasteiger partial charge in [-0.15, -0.1) is 0 Å². The van der Waals surface area contributed by atoms with Crippen molar-refractivity contribution in [1.29, 1.82) is 0 Å². The average Bonchev–Trinajstić information content (AvgIpc) is 2.47. The van der Waals surface area contributed by atoms with E-state index in [2.05, 4.69) is 5.32 Å². The largest absolute Gasteiger partial charge is 0.495 e. The molecule has 0 spiro atoms. The second kappa shape index (κ2) is 7.73. The summed E-state index contributed by atoms with van der Waals surface area (Å²) in [5.41, 5.74) is 1.38. The molecule has 0 atom stereocenters. The van der Waals surface area contributed by atoms with Gasteiger partial charge in [0.15, 0.2) is 0 Å². The summed E-state index contributed by atoms with van der Waals surface area (Å²) in [5, 5.41) is 4.34. The molecule has 0 saturated carbocycles. The third-order valence-corrected chi connectivity index (χ3v) is 4.10. The lowest BCUT2D eigenvalue weighted by Gasteiger charge is -2.09. The predicted octanol–water partition coefficient (Wildman–Crippen LogP) is 5.23. The van der Waals surface area contributed by atoms with Crippen LogP contribution in [0.25, 0.3) is 0 Å². The quantitative estimate of drug-likeness (QED) is 0.795. The first-order valence-electron chi connectivity index (χ1n) is 6.57. The number of hydrogen-bond donors (Lipinski definition) is 1. The SMILES string of the molecule is COc1ccc(NC(=O)CCc2c(Cl)cccc2Cl)cc1Cl.